The summed E-state index contributed by atoms with van der Waals surface area (Å²) in [4.78, 5) is 28.8. The molecule has 3 aromatic rings. The van der Waals surface area contributed by atoms with Crippen molar-refractivity contribution in [1.29, 1.82) is 0 Å². The molecule has 4 atom stereocenters. The SMILES string of the molecule is C/C(=C\c1ccc(O)cc1Cl)CC[C@H]1OC[C@H]2C1=C(COc1ccccc1)C[C@H]1C(=O)N(c3ccccc3)C(=O)[C@H]12. The summed E-state index contributed by atoms with van der Waals surface area (Å²) in [5.74, 6) is -0.404. The summed E-state index contributed by atoms with van der Waals surface area (Å²) in [6.07, 6.45) is 3.84. The Balaban J connectivity index is 1.27. The van der Waals surface area contributed by atoms with Crippen LogP contribution >= 0.6 is 11.6 Å². The quantitative estimate of drug-likeness (QED) is 0.238. The van der Waals surface area contributed by atoms with Crippen molar-refractivity contribution in [2.75, 3.05) is 18.1 Å². The van der Waals surface area contributed by atoms with Gasteiger partial charge in [0.05, 0.1) is 35.3 Å². The van der Waals surface area contributed by atoms with Gasteiger partial charge in [-0.3, -0.25) is 14.5 Å². The molecule has 7 heteroatoms. The second-order valence-corrected chi connectivity index (χ2v) is 11.4. The van der Waals surface area contributed by atoms with Crippen LogP contribution in [0.5, 0.6) is 11.5 Å². The number of phenols is 1. The molecule has 2 aliphatic heterocycles. The van der Waals surface area contributed by atoms with Crippen LogP contribution in [-0.2, 0) is 14.3 Å². The van der Waals surface area contributed by atoms with E-state index in [0.717, 1.165) is 40.9 Å². The number of imide groups is 1. The van der Waals surface area contributed by atoms with Crippen molar-refractivity contribution in [2.24, 2.45) is 17.8 Å². The smallest absolute Gasteiger partial charge is 0.238 e. The van der Waals surface area contributed by atoms with Crippen molar-refractivity contribution in [3.05, 3.63) is 106 Å². The summed E-state index contributed by atoms with van der Waals surface area (Å²) >= 11 is 6.32. The maximum absolute atomic E-state index is 13.8. The first kappa shape index (κ1) is 27.3. The Morgan fingerprint density at radius 3 is 2.49 bits per heavy atom. The zero-order valence-electron chi connectivity index (χ0n) is 22.8. The van der Waals surface area contributed by atoms with Crippen molar-refractivity contribution >= 4 is 35.2 Å². The lowest BCUT2D eigenvalue weighted by atomic mass is 9.69. The fraction of sp³-hybridized carbons (Fsp3) is 0.294. The van der Waals surface area contributed by atoms with E-state index in [1.54, 1.807) is 12.1 Å². The highest BCUT2D eigenvalue weighted by Crippen LogP contribution is 2.50. The van der Waals surface area contributed by atoms with Crippen LogP contribution in [-0.4, -0.2) is 36.2 Å². The molecule has 41 heavy (non-hydrogen) atoms. The third kappa shape index (κ3) is 5.42. The molecule has 2 saturated heterocycles. The molecular weight excluding hydrogens is 538 g/mol. The highest BCUT2D eigenvalue weighted by atomic mass is 35.5. The van der Waals surface area contributed by atoms with E-state index < -0.39 is 11.8 Å². The number of amides is 2. The Morgan fingerprint density at radius 2 is 1.76 bits per heavy atom. The second kappa shape index (κ2) is 11.6. The first-order chi connectivity index (χ1) is 19.9. The number of aromatic hydroxyl groups is 1. The number of anilines is 1. The van der Waals surface area contributed by atoms with Gasteiger partial charge in [-0.1, -0.05) is 59.6 Å². The number of rotatable bonds is 8. The lowest BCUT2D eigenvalue weighted by Crippen LogP contribution is -2.35. The Hall–Kier alpha value is -3.87. The largest absolute Gasteiger partial charge is 0.508 e. The average molecular weight is 570 g/mol. The Labute approximate surface area is 244 Å². The maximum atomic E-state index is 13.8. The summed E-state index contributed by atoms with van der Waals surface area (Å²) in [6, 6.07) is 23.8. The van der Waals surface area contributed by atoms with Gasteiger partial charge in [-0.05, 0) is 85.4 Å². The Kier molecular flexibility index (Phi) is 7.69. The molecular formula is C34H32ClNO5. The van der Waals surface area contributed by atoms with Crippen molar-refractivity contribution in [3.8, 4) is 11.5 Å². The van der Waals surface area contributed by atoms with Gasteiger partial charge in [0, 0.05) is 5.92 Å². The van der Waals surface area contributed by atoms with E-state index in [1.807, 2.05) is 66.7 Å². The minimum absolute atomic E-state index is 0.133. The van der Waals surface area contributed by atoms with E-state index in [0.29, 0.717) is 30.3 Å². The van der Waals surface area contributed by atoms with Crippen LogP contribution in [0.1, 0.15) is 31.7 Å². The van der Waals surface area contributed by atoms with Gasteiger partial charge in [0.25, 0.3) is 0 Å². The molecule has 0 unspecified atom stereocenters. The normalized spacial score (nSPS) is 24.0. The van der Waals surface area contributed by atoms with Crippen LogP contribution in [0.4, 0.5) is 5.69 Å². The van der Waals surface area contributed by atoms with Gasteiger partial charge in [-0.25, -0.2) is 0 Å². The highest BCUT2D eigenvalue weighted by Gasteiger charge is 2.57. The van der Waals surface area contributed by atoms with E-state index >= 15 is 0 Å². The summed E-state index contributed by atoms with van der Waals surface area (Å²) in [5.41, 5.74) is 4.77. The molecule has 2 amide bonds. The minimum atomic E-state index is -0.435. The predicted molar refractivity (Wildman–Crippen MR) is 159 cm³/mol. The molecule has 0 saturated carbocycles. The lowest BCUT2D eigenvalue weighted by molar-refractivity contribution is -0.122. The molecule has 3 aliphatic rings. The van der Waals surface area contributed by atoms with E-state index in [9.17, 15) is 14.7 Å². The van der Waals surface area contributed by atoms with Gasteiger partial charge < -0.3 is 14.6 Å². The Morgan fingerprint density at radius 1 is 1.02 bits per heavy atom. The number of hydrogen-bond donors (Lipinski definition) is 1. The average Bonchev–Trinajstić information content (AvgIpc) is 3.51. The molecule has 0 spiro atoms. The van der Waals surface area contributed by atoms with Crippen LogP contribution in [0, 0.1) is 17.8 Å². The Bertz CT molecular complexity index is 1520. The molecule has 3 aromatic carbocycles. The lowest BCUT2D eigenvalue weighted by Gasteiger charge is -2.31. The molecule has 6 nitrogen and oxygen atoms in total. The van der Waals surface area contributed by atoms with E-state index in [1.165, 1.54) is 11.0 Å². The number of ether oxygens (including phenoxy) is 2. The zero-order chi connectivity index (χ0) is 28.5. The van der Waals surface area contributed by atoms with Gasteiger partial charge in [-0.2, -0.15) is 0 Å². The highest BCUT2D eigenvalue weighted by molar-refractivity contribution is 6.32. The molecule has 210 valence electrons. The summed E-state index contributed by atoms with van der Waals surface area (Å²) in [5, 5.41) is 10.2. The predicted octanol–water partition coefficient (Wildman–Crippen LogP) is 6.83. The fourth-order valence-corrected chi connectivity index (χ4v) is 6.68. The van der Waals surface area contributed by atoms with Crippen molar-refractivity contribution < 1.29 is 24.2 Å². The van der Waals surface area contributed by atoms with Crippen LogP contribution in [0.2, 0.25) is 5.02 Å². The number of hydrogen-bond acceptors (Lipinski definition) is 5. The molecule has 1 N–H and O–H groups in total. The van der Waals surface area contributed by atoms with Crippen molar-refractivity contribution in [1.82, 2.24) is 0 Å². The van der Waals surface area contributed by atoms with Crippen LogP contribution in [0.25, 0.3) is 6.08 Å². The van der Waals surface area contributed by atoms with Crippen molar-refractivity contribution in [2.45, 2.75) is 32.3 Å². The second-order valence-electron chi connectivity index (χ2n) is 11.0. The number of carbonyl (C=O) groups is 2. The molecule has 0 bridgehead atoms. The third-order valence-corrected chi connectivity index (χ3v) is 8.69. The fourth-order valence-electron chi connectivity index (χ4n) is 6.45. The number of fused-ring (bicyclic) bond motifs is 3. The van der Waals surface area contributed by atoms with Gasteiger partial charge in [0.15, 0.2) is 0 Å². The van der Waals surface area contributed by atoms with Crippen molar-refractivity contribution in [3.63, 3.8) is 0 Å². The number of halogens is 1. The standard InChI is InChI=1S/C34H32ClNO5/c1-21(16-22-13-14-25(37)18-29(22)35)12-15-30-31-23(19-40-26-10-6-3-7-11-26)17-27-32(28(31)20-41-30)34(39)36(33(27)38)24-8-4-2-5-9-24/h2-11,13-14,16,18,27-28,30,32,37H,12,15,17,19-20H2,1H3/b21-16+/t27-,28+,30-,32-/m1/s1. The molecule has 0 radical (unpaired) electrons. The third-order valence-electron chi connectivity index (χ3n) is 8.37. The van der Waals surface area contributed by atoms with Gasteiger partial charge in [-0.15, -0.1) is 0 Å². The number of allylic oxidation sites excluding steroid dienone is 1. The van der Waals surface area contributed by atoms with E-state index in [4.69, 9.17) is 21.1 Å². The molecule has 1 aliphatic carbocycles. The molecule has 6 rings (SSSR count). The van der Waals surface area contributed by atoms with E-state index in [2.05, 4.69) is 6.92 Å². The topological polar surface area (TPSA) is 76.1 Å². The molecule has 2 heterocycles. The first-order valence-electron chi connectivity index (χ1n) is 14.0. The first-order valence-corrected chi connectivity index (χ1v) is 14.4. The molecule has 2 fully saturated rings. The number of nitrogens with zero attached hydrogens (tertiary/aromatic N) is 1. The van der Waals surface area contributed by atoms with Gasteiger partial charge in [0.2, 0.25) is 11.8 Å². The minimum Gasteiger partial charge on any atom is -0.508 e. The van der Waals surface area contributed by atoms with Crippen LogP contribution in [0.15, 0.2) is 95.6 Å². The number of benzene rings is 3. The summed E-state index contributed by atoms with van der Waals surface area (Å²) in [6.45, 7) is 2.81. The summed E-state index contributed by atoms with van der Waals surface area (Å²) < 4.78 is 12.6. The monoisotopic (exact) mass is 569 g/mol. The van der Waals surface area contributed by atoms with Gasteiger partial charge >= 0.3 is 0 Å². The number of phenolic OH excluding ortho intramolecular Hbond substituents is 1. The number of para-hydroxylation sites is 2. The molecule has 0 aromatic heterocycles. The summed E-state index contributed by atoms with van der Waals surface area (Å²) in [7, 11) is 0. The maximum Gasteiger partial charge on any atom is 0.238 e. The number of carbonyl (C=O) groups excluding carboxylic acids is 2. The van der Waals surface area contributed by atoms with E-state index in [-0.39, 0.29) is 29.6 Å². The van der Waals surface area contributed by atoms with Crippen LogP contribution < -0.4 is 9.64 Å². The van der Waals surface area contributed by atoms with Crippen LogP contribution in [0.3, 0.4) is 0 Å². The van der Waals surface area contributed by atoms with Gasteiger partial charge in [0.1, 0.15) is 18.1 Å². The zero-order valence-corrected chi connectivity index (χ0v) is 23.6.